The zero-order chi connectivity index (χ0) is 14.5. The first kappa shape index (κ1) is 15.8. The van der Waals surface area contributed by atoms with Gasteiger partial charge in [-0.15, -0.1) is 0 Å². The molecule has 0 bridgehead atoms. The highest BCUT2D eigenvalue weighted by Crippen LogP contribution is 2.22. The number of hydrogen-bond donors (Lipinski definition) is 1. The van der Waals surface area contributed by atoms with Crippen molar-refractivity contribution in [2.24, 2.45) is 5.41 Å². The lowest BCUT2D eigenvalue weighted by Gasteiger charge is -2.26. The van der Waals surface area contributed by atoms with Crippen LogP contribution in [-0.2, 0) is 0 Å². The van der Waals surface area contributed by atoms with Crippen molar-refractivity contribution >= 4 is 5.69 Å². The molecule has 0 heterocycles. The van der Waals surface area contributed by atoms with E-state index in [9.17, 15) is 0 Å². The number of rotatable bonds is 7. The van der Waals surface area contributed by atoms with Crippen molar-refractivity contribution in [2.75, 3.05) is 32.1 Å². The zero-order valence-corrected chi connectivity index (χ0v) is 13.2. The summed E-state index contributed by atoms with van der Waals surface area (Å²) in [4.78, 5) is 2.08. The van der Waals surface area contributed by atoms with E-state index in [0.717, 1.165) is 18.0 Å². The van der Waals surface area contributed by atoms with Crippen LogP contribution in [0.1, 0.15) is 27.7 Å². The third kappa shape index (κ3) is 5.97. The normalized spacial score (nSPS) is 11.7. The van der Waals surface area contributed by atoms with Crippen LogP contribution in [0.3, 0.4) is 0 Å². The zero-order valence-electron chi connectivity index (χ0n) is 13.2. The predicted molar refractivity (Wildman–Crippen MR) is 83.2 cm³/mol. The van der Waals surface area contributed by atoms with Gasteiger partial charge in [0.2, 0.25) is 0 Å². The van der Waals surface area contributed by atoms with Crippen molar-refractivity contribution in [1.29, 1.82) is 0 Å². The summed E-state index contributed by atoms with van der Waals surface area (Å²) in [5.41, 5.74) is 1.29. The molecule has 3 nitrogen and oxygen atoms in total. The van der Waals surface area contributed by atoms with Gasteiger partial charge in [0.1, 0.15) is 5.75 Å². The van der Waals surface area contributed by atoms with E-state index < -0.39 is 0 Å². The van der Waals surface area contributed by atoms with Crippen LogP contribution in [0, 0.1) is 5.41 Å². The lowest BCUT2D eigenvalue weighted by atomic mass is 9.94. The Kier molecular flexibility index (Phi) is 5.67. The van der Waals surface area contributed by atoms with Crippen molar-refractivity contribution in [3.63, 3.8) is 0 Å². The first-order chi connectivity index (χ1) is 8.80. The summed E-state index contributed by atoms with van der Waals surface area (Å²) < 4.78 is 5.93. The highest BCUT2D eigenvalue weighted by molar-refractivity contribution is 5.49. The molecule has 0 radical (unpaired) electrons. The second kappa shape index (κ2) is 6.80. The van der Waals surface area contributed by atoms with Gasteiger partial charge in [-0.3, -0.25) is 0 Å². The molecule has 0 atom stereocenters. The molecule has 19 heavy (non-hydrogen) atoms. The van der Waals surface area contributed by atoms with E-state index in [1.807, 2.05) is 26.2 Å². The number of benzene rings is 1. The minimum atomic E-state index is 0.123. The molecule has 0 fully saturated rings. The molecule has 1 aromatic rings. The Balaban J connectivity index is 2.53. The predicted octanol–water partition coefficient (Wildman–Crippen LogP) is 3.16. The van der Waals surface area contributed by atoms with Gasteiger partial charge >= 0.3 is 0 Å². The topological polar surface area (TPSA) is 24.5 Å². The van der Waals surface area contributed by atoms with Gasteiger partial charge in [0, 0.05) is 43.9 Å². The molecule has 1 rings (SSSR count). The number of nitrogens with one attached hydrogen (secondary N) is 1. The summed E-state index contributed by atoms with van der Waals surface area (Å²) in [7, 11) is 4.07. The van der Waals surface area contributed by atoms with Crippen LogP contribution in [-0.4, -0.2) is 33.3 Å². The Morgan fingerprint density at radius 3 is 2.53 bits per heavy atom. The Hall–Kier alpha value is -1.22. The summed E-state index contributed by atoms with van der Waals surface area (Å²) in [6, 6.07) is 8.71. The van der Waals surface area contributed by atoms with Gasteiger partial charge in [-0.05, 0) is 12.1 Å². The number of nitrogens with zero attached hydrogens (tertiary/aromatic N) is 1. The molecule has 0 aliphatic carbocycles. The second-order valence-electron chi connectivity index (χ2n) is 6.38. The van der Waals surface area contributed by atoms with E-state index in [-0.39, 0.29) is 5.41 Å². The Morgan fingerprint density at radius 2 is 1.95 bits per heavy atom. The lowest BCUT2D eigenvalue weighted by Crippen LogP contribution is -2.37. The molecule has 1 N–H and O–H groups in total. The van der Waals surface area contributed by atoms with E-state index in [2.05, 4.69) is 50.0 Å². The fourth-order valence-corrected chi connectivity index (χ4v) is 1.66. The lowest BCUT2D eigenvalue weighted by molar-refractivity contribution is 0.173. The van der Waals surface area contributed by atoms with Crippen LogP contribution in [0.15, 0.2) is 24.3 Å². The SMILES string of the molecule is CC(C)NCC(C)(C)COc1cccc(N(C)C)c1. The largest absolute Gasteiger partial charge is 0.493 e. The first-order valence-electron chi connectivity index (χ1n) is 6.94. The van der Waals surface area contributed by atoms with E-state index in [1.54, 1.807) is 0 Å². The molecular weight excluding hydrogens is 236 g/mol. The molecule has 108 valence electrons. The quantitative estimate of drug-likeness (QED) is 0.818. The minimum absolute atomic E-state index is 0.123. The summed E-state index contributed by atoms with van der Waals surface area (Å²) in [6.45, 7) is 10.4. The highest BCUT2D eigenvalue weighted by Gasteiger charge is 2.19. The molecule has 3 heteroatoms. The fourth-order valence-electron chi connectivity index (χ4n) is 1.66. The second-order valence-corrected chi connectivity index (χ2v) is 6.38. The minimum Gasteiger partial charge on any atom is -0.493 e. The molecule has 0 amide bonds. The number of ether oxygens (including phenoxy) is 1. The molecule has 0 aromatic heterocycles. The molecule has 0 saturated carbocycles. The Bertz CT molecular complexity index is 386. The van der Waals surface area contributed by atoms with Crippen LogP contribution in [0.25, 0.3) is 0 Å². The fraction of sp³-hybridized carbons (Fsp3) is 0.625. The Labute approximate surface area is 118 Å². The third-order valence-corrected chi connectivity index (χ3v) is 2.95. The molecule has 0 aliphatic rings. The Morgan fingerprint density at radius 1 is 1.26 bits per heavy atom. The van der Waals surface area contributed by atoms with Gasteiger partial charge in [-0.2, -0.15) is 0 Å². The third-order valence-electron chi connectivity index (χ3n) is 2.95. The van der Waals surface area contributed by atoms with E-state index in [1.165, 1.54) is 0 Å². The van der Waals surface area contributed by atoms with Crippen LogP contribution in [0.5, 0.6) is 5.75 Å². The van der Waals surface area contributed by atoms with Gasteiger partial charge < -0.3 is 15.0 Å². The maximum absolute atomic E-state index is 5.93. The van der Waals surface area contributed by atoms with Crippen LogP contribution in [0.2, 0.25) is 0 Å². The summed E-state index contributed by atoms with van der Waals surface area (Å²) in [6.07, 6.45) is 0. The highest BCUT2D eigenvalue weighted by atomic mass is 16.5. The van der Waals surface area contributed by atoms with Gasteiger partial charge in [0.05, 0.1) is 6.61 Å². The van der Waals surface area contributed by atoms with Crippen molar-refractivity contribution in [1.82, 2.24) is 5.32 Å². The standard InChI is InChI=1S/C16H28N2O/c1-13(2)17-11-16(3,4)12-19-15-9-7-8-14(10-15)18(5)6/h7-10,13,17H,11-12H2,1-6H3. The van der Waals surface area contributed by atoms with Crippen LogP contribution < -0.4 is 15.0 Å². The summed E-state index contributed by atoms with van der Waals surface area (Å²) in [5.74, 6) is 0.934. The molecule has 1 aromatic carbocycles. The number of hydrogen-bond acceptors (Lipinski definition) is 3. The summed E-state index contributed by atoms with van der Waals surface area (Å²) in [5, 5.41) is 3.46. The molecule has 0 spiro atoms. The number of anilines is 1. The smallest absolute Gasteiger partial charge is 0.121 e. The van der Waals surface area contributed by atoms with E-state index in [4.69, 9.17) is 4.74 Å². The van der Waals surface area contributed by atoms with Crippen molar-refractivity contribution in [3.8, 4) is 5.75 Å². The van der Waals surface area contributed by atoms with Crippen LogP contribution in [0.4, 0.5) is 5.69 Å². The molecule has 0 unspecified atom stereocenters. The van der Waals surface area contributed by atoms with Gasteiger partial charge in [-0.1, -0.05) is 33.8 Å². The van der Waals surface area contributed by atoms with Gasteiger partial charge in [-0.25, -0.2) is 0 Å². The van der Waals surface area contributed by atoms with Gasteiger partial charge in [0.15, 0.2) is 0 Å². The first-order valence-corrected chi connectivity index (χ1v) is 6.94. The molecular formula is C16H28N2O. The van der Waals surface area contributed by atoms with Crippen LogP contribution >= 0.6 is 0 Å². The molecule has 0 saturated heterocycles. The summed E-state index contributed by atoms with van der Waals surface area (Å²) >= 11 is 0. The maximum atomic E-state index is 5.93. The maximum Gasteiger partial charge on any atom is 0.121 e. The van der Waals surface area contributed by atoms with Crippen molar-refractivity contribution in [2.45, 2.75) is 33.7 Å². The molecule has 0 aliphatic heterocycles. The average molecular weight is 264 g/mol. The van der Waals surface area contributed by atoms with E-state index >= 15 is 0 Å². The van der Waals surface area contributed by atoms with Crippen molar-refractivity contribution in [3.05, 3.63) is 24.3 Å². The van der Waals surface area contributed by atoms with Gasteiger partial charge in [0.25, 0.3) is 0 Å². The van der Waals surface area contributed by atoms with E-state index in [0.29, 0.717) is 12.6 Å². The van der Waals surface area contributed by atoms with Crippen molar-refractivity contribution < 1.29 is 4.74 Å². The monoisotopic (exact) mass is 264 g/mol. The average Bonchev–Trinajstić information content (AvgIpc) is 2.35.